The highest BCUT2D eigenvalue weighted by atomic mass is 31.1. The molecular formula is C5H7NP+. The van der Waals surface area contributed by atoms with E-state index in [1.807, 2.05) is 12.2 Å². The Labute approximate surface area is 44.4 Å². The normalized spacial score (nSPS) is 17.0. The summed E-state index contributed by atoms with van der Waals surface area (Å²) in [6.45, 7) is 0. The lowest BCUT2D eigenvalue weighted by atomic mass is 10.5. The molecule has 0 radical (unpaired) electrons. The monoisotopic (exact) mass is 112 g/mol. The first kappa shape index (κ1) is 4.76. The Bertz CT molecular complexity index is 130. The molecule has 0 heterocycles. The van der Waals surface area contributed by atoms with Crippen LogP contribution < -0.4 is 5.50 Å². The minimum Gasteiger partial charge on any atom is -0.311 e. The summed E-state index contributed by atoms with van der Waals surface area (Å²) in [6.07, 6.45) is 8.17. The van der Waals surface area contributed by atoms with Gasteiger partial charge < -0.3 is 5.50 Å². The second-order valence-electron chi connectivity index (χ2n) is 1.30. The van der Waals surface area contributed by atoms with Crippen molar-refractivity contribution < 1.29 is 5.50 Å². The summed E-state index contributed by atoms with van der Waals surface area (Å²) in [5.41, 5.74) is 3.70. The van der Waals surface area contributed by atoms with E-state index < -0.39 is 0 Å². The van der Waals surface area contributed by atoms with Gasteiger partial charge in [0.25, 0.3) is 0 Å². The molecule has 0 saturated carbocycles. The fraction of sp³-hybridized carbons (Fsp3) is 0. The van der Waals surface area contributed by atoms with Gasteiger partial charge in [0, 0.05) is 0 Å². The molecule has 1 aliphatic rings. The Morgan fingerprint density at radius 1 is 1.29 bits per heavy atom. The first-order valence-corrected chi connectivity index (χ1v) is 3.20. The van der Waals surface area contributed by atoms with E-state index >= 15 is 0 Å². The van der Waals surface area contributed by atoms with E-state index in [1.165, 1.54) is 5.29 Å². The van der Waals surface area contributed by atoms with Crippen LogP contribution in [0.1, 0.15) is 0 Å². The van der Waals surface area contributed by atoms with Crippen molar-refractivity contribution in [1.82, 2.24) is 0 Å². The van der Waals surface area contributed by atoms with Crippen molar-refractivity contribution in [3.63, 3.8) is 0 Å². The highest BCUT2D eigenvalue weighted by Gasteiger charge is 1.89. The topological polar surface area (TPSA) is 27.6 Å². The molecule has 0 fully saturated rings. The van der Waals surface area contributed by atoms with Gasteiger partial charge in [0.15, 0.2) is 8.35 Å². The summed E-state index contributed by atoms with van der Waals surface area (Å²) in [6, 6.07) is 0. The van der Waals surface area contributed by atoms with Crippen molar-refractivity contribution in [3.8, 4) is 0 Å². The van der Waals surface area contributed by atoms with Crippen LogP contribution in [0.2, 0.25) is 0 Å². The SMILES string of the molecule is [NH3+]P=C1C=CC=C1. The minimum atomic E-state index is 1.11. The molecule has 7 heavy (non-hydrogen) atoms. The number of quaternary nitrogens is 1. The Morgan fingerprint density at radius 3 is 2.14 bits per heavy atom. The first-order chi connectivity index (χ1) is 3.43. The van der Waals surface area contributed by atoms with E-state index in [0.29, 0.717) is 0 Å². The fourth-order valence-corrected chi connectivity index (χ4v) is 0.852. The molecule has 0 bridgehead atoms. The van der Waals surface area contributed by atoms with Gasteiger partial charge in [0.2, 0.25) is 0 Å². The maximum atomic E-state index is 3.70. The van der Waals surface area contributed by atoms with Gasteiger partial charge in [-0.1, -0.05) is 12.2 Å². The van der Waals surface area contributed by atoms with Crippen molar-refractivity contribution in [2.45, 2.75) is 0 Å². The summed E-state index contributed by atoms with van der Waals surface area (Å²) >= 11 is 0. The van der Waals surface area contributed by atoms with Gasteiger partial charge in [-0.25, -0.2) is 0 Å². The van der Waals surface area contributed by atoms with Crippen molar-refractivity contribution >= 4 is 13.6 Å². The first-order valence-electron chi connectivity index (χ1n) is 2.12. The molecule has 1 aliphatic carbocycles. The zero-order chi connectivity index (χ0) is 5.11. The summed E-state index contributed by atoms with van der Waals surface area (Å²) in [4.78, 5) is 0. The van der Waals surface area contributed by atoms with Crippen LogP contribution >= 0.6 is 8.35 Å². The van der Waals surface area contributed by atoms with E-state index in [9.17, 15) is 0 Å². The molecule has 0 aromatic carbocycles. The summed E-state index contributed by atoms with van der Waals surface area (Å²) in [7, 11) is 1.11. The lowest BCUT2D eigenvalue weighted by Gasteiger charge is -1.72. The minimum absolute atomic E-state index is 1.11. The second-order valence-corrected chi connectivity index (χ2v) is 2.13. The third-order valence-electron chi connectivity index (χ3n) is 0.828. The average molecular weight is 112 g/mol. The van der Waals surface area contributed by atoms with Crippen LogP contribution in [0.5, 0.6) is 0 Å². The van der Waals surface area contributed by atoms with Crippen LogP contribution in [-0.4, -0.2) is 5.29 Å². The maximum absolute atomic E-state index is 3.70. The standard InChI is InChI=1S/C5H6NP/c6-7-5-3-1-2-4-5/h1-4H,6H2/p+1. The van der Waals surface area contributed by atoms with Gasteiger partial charge in [-0.2, -0.15) is 0 Å². The van der Waals surface area contributed by atoms with Gasteiger partial charge in [0.05, 0.1) is 5.29 Å². The van der Waals surface area contributed by atoms with Gasteiger partial charge in [-0.15, -0.1) is 0 Å². The number of rotatable bonds is 0. The molecule has 36 valence electrons. The van der Waals surface area contributed by atoms with Crippen molar-refractivity contribution in [3.05, 3.63) is 24.3 Å². The van der Waals surface area contributed by atoms with Crippen molar-refractivity contribution in [1.29, 1.82) is 0 Å². The molecule has 0 amide bonds. The molecular weight excluding hydrogens is 105 g/mol. The van der Waals surface area contributed by atoms with Gasteiger partial charge in [-0.05, 0) is 12.2 Å². The van der Waals surface area contributed by atoms with E-state index in [-0.39, 0.29) is 0 Å². The highest BCUT2D eigenvalue weighted by molar-refractivity contribution is 7.34. The predicted octanol–water partition coefficient (Wildman–Crippen LogP) is 0.388. The van der Waals surface area contributed by atoms with Crippen LogP contribution in [0.3, 0.4) is 0 Å². The number of hydrogen-bond acceptors (Lipinski definition) is 0. The van der Waals surface area contributed by atoms with E-state index in [0.717, 1.165) is 8.35 Å². The molecule has 0 aliphatic heterocycles. The number of allylic oxidation sites excluding steroid dienone is 4. The lowest BCUT2D eigenvalue weighted by Crippen LogP contribution is -2.31. The van der Waals surface area contributed by atoms with Gasteiger partial charge in [0.1, 0.15) is 0 Å². The molecule has 2 heteroatoms. The lowest BCUT2D eigenvalue weighted by molar-refractivity contribution is -0.144. The van der Waals surface area contributed by atoms with E-state index in [4.69, 9.17) is 0 Å². The van der Waals surface area contributed by atoms with Gasteiger partial charge >= 0.3 is 0 Å². The molecule has 0 unspecified atom stereocenters. The van der Waals surface area contributed by atoms with E-state index in [1.54, 1.807) is 0 Å². The fourth-order valence-electron chi connectivity index (χ4n) is 0.469. The average Bonchev–Trinajstić information content (AvgIpc) is 2.14. The van der Waals surface area contributed by atoms with Crippen LogP contribution in [-0.2, 0) is 0 Å². The Balaban J connectivity index is 2.79. The predicted molar refractivity (Wildman–Crippen MR) is 33.1 cm³/mol. The smallest absolute Gasteiger partial charge is 0.159 e. The van der Waals surface area contributed by atoms with Crippen LogP contribution in [0.25, 0.3) is 0 Å². The molecule has 1 rings (SSSR count). The van der Waals surface area contributed by atoms with Crippen molar-refractivity contribution in [2.24, 2.45) is 0 Å². The van der Waals surface area contributed by atoms with Crippen LogP contribution in [0.4, 0.5) is 0 Å². The van der Waals surface area contributed by atoms with Crippen LogP contribution in [0, 0.1) is 0 Å². The molecule has 0 saturated heterocycles. The van der Waals surface area contributed by atoms with Crippen molar-refractivity contribution in [2.75, 3.05) is 0 Å². The zero-order valence-corrected chi connectivity index (χ0v) is 4.86. The number of hydrogen-bond donors (Lipinski definition) is 1. The highest BCUT2D eigenvalue weighted by Crippen LogP contribution is 1.97. The maximum Gasteiger partial charge on any atom is 0.159 e. The third-order valence-corrected chi connectivity index (χ3v) is 1.49. The van der Waals surface area contributed by atoms with E-state index in [2.05, 4.69) is 17.7 Å². The second kappa shape index (κ2) is 2.06. The molecule has 0 aromatic heterocycles. The Morgan fingerprint density at radius 2 is 1.86 bits per heavy atom. The largest absolute Gasteiger partial charge is 0.311 e. The van der Waals surface area contributed by atoms with Gasteiger partial charge in [-0.3, -0.25) is 0 Å². The molecule has 0 spiro atoms. The molecule has 0 atom stereocenters. The summed E-state index contributed by atoms with van der Waals surface area (Å²) < 4.78 is 0. The van der Waals surface area contributed by atoms with Crippen LogP contribution in [0.15, 0.2) is 24.3 Å². The quantitative estimate of drug-likeness (QED) is 0.439. The molecule has 0 aromatic rings. The Kier molecular flexibility index (Phi) is 1.40. The Hall–Kier alpha value is -0.390. The third kappa shape index (κ3) is 0.986. The molecule has 3 N–H and O–H groups in total. The summed E-state index contributed by atoms with van der Waals surface area (Å²) in [5.74, 6) is 0. The molecule has 1 nitrogen and oxygen atoms in total. The summed E-state index contributed by atoms with van der Waals surface area (Å²) in [5, 5.41) is 1.29. The zero-order valence-electron chi connectivity index (χ0n) is 3.96.